The normalized spacial score (nSPS) is 9.75. The van der Waals surface area contributed by atoms with Crippen LogP contribution in [-0.2, 0) is 0 Å². The van der Waals surface area contributed by atoms with Crippen molar-refractivity contribution in [1.29, 1.82) is 0 Å². The van der Waals surface area contributed by atoms with Crippen LogP contribution in [0.2, 0.25) is 0 Å². The summed E-state index contributed by atoms with van der Waals surface area (Å²) in [6.45, 7) is 0. The highest BCUT2D eigenvalue weighted by atomic mass is 33.1. The molecule has 0 unspecified atom stereocenters. The van der Waals surface area contributed by atoms with E-state index in [0.717, 1.165) is 4.90 Å². The molecule has 0 heterocycles. The van der Waals surface area contributed by atoms with Crippen molar-refractivity contribution in [2.24, 2.45) is 0 Å². The van der Waals surface area contributed by atoms with E-state index in [0.29, 0.717) is 5.56 Å². The molecule has 0 saturated carbocycles. The highest BCUT2D eigenvalue weighted by molar-refractivity contribution is 8.76. The smallest absolute Gasteiger partial charge is 0.335 e. The average Bonchev–Trinajstić information content (AvgIpc) is 2.06. The summed E-state index contributed by atoms with van der Waals surface area (Å²) in [5.41, 5.74) is 0.334. The van der Waals surface area contributed by atoms with Gasteiger partial charge in [0.2, 0.25) is 0 Å². The molecule has 0 aromatic heterocycles. The fourth-order valence-electron chi connectivity index (χ4n) is 0.749. The second-order valence-electron chi connectivity index (χ2n) is 2.08. The lowest BCUT2D eigenvalue weighted by atomic mass is 10.2. The van der Waals surface area contributed by atoms with Crippen LogP contribution in [0.5, 0.6) is 0 Å². The molecule has 12 heavy (non-hydrogen) atoms. The zero-order valence-corrected chi connectivity index (χ0v) is 8.11. The van der Waals surface area contributed by atoms with Crippen LogP contribution in [0.1, 0.15) is 10.4 Å². The molecule has 0 radical (unpaired) electrons. The highest BCUT2D eigenvalue weighted by Crippen LogP contribution is 2.28. The Morgan fingerprint density at radius 1 is 1.33 bits per heavy atom. The molecule has 0 fully saturated rings. The predicted molar refractivity (Wildman–Crippen MR) is 52.8 cm³/mol. The lowest BCUT2D eigenvalue weighted by molar-refractivity contribution is 0.0697. The van der Waals surface area contributed by atoms with Crippen molar-refractivity contribution >= 4 is 27.6 Å². The van der Waals surface area contributed by atoms with Crippen molar-refractivity contribution in [2.75, 3.05) is 6.26 Å². The van der Waals surface area contributed by atoms with Gasteiger partial charge in [-0.25, -0.2) is 4.79 Å². The molecular formula is C8H8O2S2. The Balaban J connectivity index is 2.78. The van der Waals surface area contributed by atoms with E-state index in [-0.39, 0.29) is 0 Å². The lowest BCUT2D eigenvalue weighted by Crippen LogP contribution is -1.94. The van der Waals surface area contributed by atoms with Gasteiger partial charge in [0, 0.05) is 4.90 Å². The molecule has 4 heteroatoms. The zero-order chi connectivity index (χ0) is 8.97. The standard InChI is InChI=1S/C8H8O2S2/c1-11-12-7-4-2-6(3-5-7)8(9)10/h2-5H,1H3,(H,9,10). The first-order chi connectivity index (χ1) is 5.74. The van der Waals surface area contributed by atoms with E-state index < -0.39 is 5.97 Å². The monoisotopic (exact) mass is 200 g/mol. The van der Waals surface area contributed by atoms with Gasteiger partial charge in [-0.05, 0) is 30.5 Å². The predicted octanol–water partition coefficient (Wildman–Crippen LogP) is 2.75. The molecule has 0 amide bonds. The van der Waals surface area contributed by atoms with E-state index >= 15 is 0 Å². The van der Waals surface area contributed by atoms with E-state index in [9.17, 15) is 4.79 Å². The molecule has 1 aromatic carbocycles. The summed E-state index contributed by atoms with van der Waals surface area (Å²) in [5.74, 6) is -0.879. The molecule has 0 aliphatic heterocycles. The molecule has 0 aliphatic rings. The quantitative estimate of drug-likeness (QED) is 0.761. The van der Waals surface area contributed by atoms with Crippen molar-refractivity contribution in [2.45, 2.75) is 4.90 Å². The maximum Gasteiger partial charge on any atom is 0.335 e. The summed E-state index contributed by atoms with van der Waals surface area (Å²) in [4.78, 5) is 11.5. The number of rotatable bonds is 3. The van der Waals surface area contributed by atoms with Crippen LogP contribution in [-0.4, -0.2) is 17.3 Å². The minimum absolute atomic E-state index is 0.334. The molecule has 0 spiro atoms. The van der Waals surface area contributed by atoms with Crippen LogP contribution >= 0.6 is 21.6 Å². The van der Waals surface area contributed by atoms with Crippen molar-refractivity contribution in [1.82, 2.24) is 0 Å². The Hall–Kier alpha value is -0.610. The van der Waals surface area contributed by atoms with Crippen molar-refractivity contribution in [3.05, 3.63) is 29.8 Å². The first-order valence-corrected chi connectivity index (χ1v) is 5.84. The maximum absolute atomic E-state index is 10.5. The summed E-state index contributed by atoms with van der Waals surface area (Å²) in [6.07, 6.45) is 1.98. The second kappa shape index (κ2) is 4.42. The van der Waals surface area contributed by atoms with Crippen LogP contribution in [0.15, 0.2) is 29.2 Å². The number of carboxylic acids is 1. The van der Waals surface area contributed by atoms with Crippen LogP contribution in [0.25, 0.3) is 0 Å². The van der Waals surface area contributed by atoms with E-state index in [2.05, 4.69) is 0 Å². The Morgan fingerprint density at radius 3 is 2.33 bits per heavy atom. The Labute approximate surface area is 78.8 Å². The third-order valence-corrected chi connectivity index (χ3v) is 2.99. The van der Waals surface area contributed by atoms with Crippen LogP contribution in [0.3, 0.4) is 0 Å². The second-order valence-corrected chi connectivity index (χ2v) is 4.55. The van der Waals surface area contributed by atoms with Crippen molar-refractivity contribution < 1.29 is 9.90 Å². The van der Waals surface area contributed by atoms with Crippen LogP contribution in [0, 0.1) is 0 Å². The summed E-state index contributed by atoms with van der Waals surface area (Å²) < 4.78 is 0. The fraction of sp³-hybridized carbons (Fsp3) is 0.125. The topological polar surface area (TPSA) is 37.3 Å². The molecule has 1 rings (SSSR count). The van der Waals surface area contributed by atoms with Gasteiger partial charge in [0.05, 0.1) is 5.56 Å². The van der Waals surface area contributed by atoms with Gasteiger partial charge in [0.1, 0.15) is 0 Å². The van der Waals surface area contributed by atoms with E-state index in [1.165, 1.54) is 0 Å². The summed E-state index contributed by atoms with van der Waals surface area (Å²) >= 11 is 0. The highest BCUT2D eigenvalue weighted by Gasteiger charge is 2.00. The molecule has 0 aliphatic carbocycles. The molecule has 1 N–H and O–H groups in total. The molecular weight excluding hydrogens is 192 g/mol. The van der Waals surface area contributed by atoms with Crippen LogP contribution in [0.4, 0.5) is 0 Å². The molecule has 0 saturated heterocycles. The summed E-state index contributed by atoms with van der Waals surface area (Å²) in [6, 6.07) is 6.84. The van der Waals surface area contributed by atoms with Gasteiger partial charge in [-0.15, -0.1) is 0 Å². The van der Waals surface area contributed by atoms with E-state index in [1.54, 1.807) is 33.7 Å². The number of hydrogen-bond donors (Lipinski definition) is 1. The van der Waals surface area contributed by atoms with Gasteiger partial charge in [-0.3, -0.25) is 0 Å². The van der Waals surface area contributed by atoms with Gasteiger partial charge in [-0.2, -0.15) is 0 Å². The van der Waals surface area contributed by atoms with E-state index in [4.69, 9.17) is 5.11 Å². The molecule has 0 atom stereocenters. The minimum atomic E-state index is -0.879. The third-order valence-electron chi connectivity index (χ3n) is 1.28. The number of carboxylic acid groups (broad SMARTS) is 1. The molecule has 64 valence electrons. The average molecular weight is 200 g/mol. The van der Waals surface area contributed by atoms with Crippen molar-refractivity contribution in [3.8, 4) is 0 Å². The van der Waals surface area contributed by atoms with Gasteiger partial charge < -0.3 is 5.11 Å². The maximum atomic E-state index is 10.5. The fourth-order valence-corrected chi connectivity index (χ4v) is 2.10. The largest absolute Gasteiger partial charge is 0.478 e. The lowest BCUT2D eigenvalue weighted by Gasteiger charge is -1.97. The van der Waals surface area contributed by atoms with Crippen molar-refractivity contribution in [3.63, 3.8) is 0 Å². The summed E-state index contributed by atoms with van der Waals surface area (Å²) in [7, 11) is 3.26. The number of benzene rings is 1. The Kier molecular flexibility index (Phi) is 3.49. The van der Waals surface area contributed by atoms with Gasteiger partial charge in [0.25, 0.3) is 0 Å². The first kappa shape index (κ1) is 9.48. The van der Waals surface area contributed by atoms with Crippen LogP contribution < -0.4 is 0 Å². The van der Waals surface area contributed by atoms with E-state index in [1.807, 2.05) is 18.4 Å². The SMILES string of the molecule is CSSc1ccc(C(=O)O)cc1. The van der Waals surface area contributed by atoms with Gasteiger partial charge >= 0.3 is 5.97 Å². The van der Waals surface area contributed by atoms with Gasteiger partial charge in [-0.1, -0.05) is 21.6 Å². The molecule has 2 nitrogen and oxygen atoms in total. The number of hydrogen-bond acceptors (Lipinski definition) is 3. The first-order valence-electron chi connectivity index (χ1n) is 3.28. The summed E-state index contributed by atoms with van der Waals surface area (Å²) in [5, 5.41) is 8.59. The number of carbonyl (C=O) groups is 1. The molecule has 0 bridgehead atoms. The third kappa shape index (κ3) is 2.46. The molecule has 1 aromatic rings. The zero-order valence-electron chi connectivity index (χ0n) is 6.48. The van der Waals surface area contributed by atoms with Gasteiger partial charge in [0.15, 0.2) is 0 Å². The number of aromatic carboxylic acids is 1. The minimum Gasteiger partial charge on any atom is -0.478 e. The Bertz CT molecular complexity index is 269. The Morgan fingerprint density at radius 2 is 1.92 bits per heavy atom.